The molecule has 2 rings (SSSR count). The van der Waals surface area contributed by atoms with Gasteiger partial charge in [0.05, 0.1) is 0 Å². The van der Waals surface area contributed by atoms with E-state index in [1.165, 1.54) is 0 Å². The normalized spacial score (nSPS) is 14.2. The van der Waals surface area contributed by atoms with Crippen molar-refractivity contribution in [2.45, 2.75) is 13.0 Å². The molecule has 2 N–H and O–H groups in total. The van der Waals surface area contributed by atoms with Crippen LogP contribution in [0.25, 0.3) is 0 Å². The maximum atomic E-state index is 12.1. The molecule has 1 fully saturated rings. The Bertz CT molecular complexity index is 530. The van der Waals surface area contributed by atoms with Crippen LogP contribution in [0, 0.1) is 0 Å². The van der Waals surface area contributed by atoms with E-state index < -0.39 is 0 Å². The molecule has 0 bridgehead atoms. The first-order chi connectivity index (χ1) is 11.1. The number of carbonyl (C=O) groups excluding carboxylic acids is 2. The fraction of sp³-hybridized carbons (Fsp3) is 0.529. The topological polar surface area (TPSA) is 64.7 Å². The van der Waals surface area contributed by atoms with Crippen LogP contribution in [-0.2, 0) is 11.3 Å². The number of nitrogens with one attached hydrogen (secondary N) is 2. The SMILES string of the molecule is CNC(=O)c1ccc(CN(C)CCC(=O)N2CCNCC2)cc1.Cl. The molecule has 1 aromatic rings. The number of hydrogen-bond donors (Lipinski definition) is 2. The van der Waals surface area contributed by atoms with Crippen LogP contribution in [0.4, 0.5) is 0 Å². The third-order valence-electron chi connectivity index (χ3n) is 4.07. The Kier molecular flexibility index (Phi) is 8.74. The fourth-order valence-electron chi connectivity index (χ4n) is 2.66. The average Bonchev–Trinajstić information content (AvgIpc) is 2.60. The van der Waals surface area contributed by atoms with Crippen LogP contribution >= 0.6 is 12.4 Å². The standard InChI is InChI=1S/C17H26N4O2.ClH/c1-18-17(23)15-5-3-14(4-6-15)13-20(2)10-7-16(22)21-11-8-19-9-12-21;/h3-6,19H,7-13H2,1-2H3,(H,18,23);1H. The molecule has 0 saturated carbocycles. The predicted molar refractivity (Wildman–Crippen MR) is 97.5 cm³/mol. The van der Waals surface area contributed by atoms with Gasteiger partial charge in [-0.3, -0.25) is 9.59 Å². The van der Waals surface area contributed by atoms with Crippen molar-refractivity contribution in [3.05, 3.63) is 35.4 Å². The highest BCUT2D eigenvalue weighted by Crippen LogP contribution is 2.08. The maximum absolute atomic E-state index is 12.1. The number of amides is 2. The van der Waals surface area contributed by atoms with Crippen LogP contribution in [0.3, 0.4) is 0 Å². The van der Waals surface area contributed by atoms with Crippen molar-refractivity contribution >= 4 is 24.2 Å². The number of nitrogens with zero attached hydrogens (tertiary/aromatic N) is 2. The van der Waals surface area contributed by atoms with E-state index >= 15 is 0 Å². The van der Waals surface area contributed by atoms with Crippen LogP contribution < -0.4 is 10.6 Å². The minimum Gasteiger partial charge on any atom is -0.355 e. The number of rotatable bonds is 6. The van der Waals surface area contributed by atoms with Gasteiger partial charge < -0.3 is 20.4 Å². The van der Waals surface area contributed by atoms with Crippen LogP contribution in [-0.4, -0.2) is 68.4 Å². The second-order valence-corrected chi connectivity index (χ2v) is 5.89. The lowest BCUT2D eigenvalue weighted by molar-refractivity contribution is -0.132. The van der Waals surface area contributed by atoms with Crippen molar-refractivity contribution in [3.63, 3.8) is 0 Å². The molecule has 0 spiro atoms. The summed E-state index contributed by atoms with van der Waals surface area (Å²) in [7, 11) is 3.64. The molecule has 7 heteroatoms. The summed E-state index contributed by atoms with van der Waals surface area (Å²) in [5.74, 6) is 0.153. The van der Waals surface area contributed by atoms with E-state index in [1.54, 1.807) is 7.05 Å². The van der Waals surface area contributed by atoms with Crippen molar-refractivity contribution in [2.24, 2.45) is 0 Å². The van der Waals surface area contributed by atoms with Gasteiger partial charge in [0.2, 0.25) is 5.91 Å². The number of hydrogen-bond acceptors (Lipinski definition) is 4. The number of benzene rings is 1. The first-order valence-electron chi connectivity index (χ1n) is 8.08. The van der Waals surface area contributed by atoms with Gasteiger partial charge in [0, 0.05) is 58.3 Å². The fourth-order valence-corrected chi connectivity index (χ4v) is 2.66. The molecule has 0 aromatic heterocycles. The van der Waals surface area contributed by atoms with E-state index in [-0.39, 0.29) is 24.2 Å². The van der Waals surface area contributed by atoms with Crippen LogP contribution in [0.1, 0.15) is 22.3 Å². The molecular formula is C17H27ClN4O2. The summed E-state index contributed by atoms with van der Waals surface area (Å²) in [6.07, 6.45) is 0.548. The van der Waals surface area contributed by atoms with E-state index in [0.29, 0.717) is 12.0 Å². The summed E-state index contributed by atoms with van der Waals surface area (Å²) in [5.41, 5.74) is 1.79. The van der Waals surface area contributed by atoms with E-state index in [0.717, 1.165) is 44.8 Å². The maximum Gasteiger partial charge on any atom is 0.251 e. The third kappa shape index (κ3) is 6.11. The summed E-state index contributed by atoms with van der Waals surface area (Å²) in [6, 6.07) is 7.57. The quantitative estimate of drug-likeness (QED) is 0.790. The van der Waals surface area contributed by atoms with E-state index in [4.69, 9.17) is 0 Å². The molecule has 0 aliphatic carbocycles. The molecule has 0 radical (unpaired) electrons. The Morgan fingerprint density at radius 3 is 2.42 bits per heavy atom. The zero-order valence-electron chi connectivity index (χ0n) is 14.4. The first-order valence-corrected chi connectivity index (χ1v) is 8.08. The van der Waals surface area contributed by atoms with Gasteiger partial charge in [0.1, 0.15) is 0 Å². The Labute approximate surface area is 150 Å². The number of piperazine rings is 1. The average molecular weight is 355 g/mol. The van der Waals surface area contributed by atoms with Gasteiger partial charge in [-0.1, -0.05) is 12.1 Å². The predicted octanol–water partition coefficient (Wildman–Crippen LogP) is 0.722. The van der Waals surface area contributed by atoms with E-state index in [9.17, 15) is 9.59 Å². The van der Waals surface area contributed by atoms with Gasteiger partial charge in [0.25, 0.3) is 5.91 Å². The molecule has 6 nitrogen and oxygen atoms in total. The van der Waals surface area contributed by atoms with Crippen molar-refractivity contribution in [1.29, 1.82) is 0 Å². The highest BCUT2D eigenvalue weighted by atomic mass is 35.5. The molecule has 1 saturated heterocycles. The summed E-state index contributed by atoms with van der Waals surface area (Å²) in [4.78, 5) is 27.7. The molecule has 134 valence electrons. The summed E-state index contributed by atoms with van der Waals surface area (Å²) in [6.45, 7) is 4.90. The van der Waals surface area contributed by atoms with Crippen molar-refractivity contribution < 1.29 is 9.59 Å². The van der Waals surface area contributed by atoms with Gasteiger partial charge in [-0.25, -0.2) is 0 Å². The molecule has 1 aliphatic heterocycles. The first kappa shape index (κ1) is 20.4. The monoisotopic (exact) mass is 354 g/mol. The van der Waals surface area contributed by atoms with Crippen LogP contribution in [0.5, 0.6) is 0 Å². The zero-order chi connectivity index (χ0) is 16.7. The van der Waals surface area contributed by atoms with E-state index in [2.05, 4.69) is 15.5 Å². The van der Waals surface area contributed by atoms with Gasteiger partial charge in [-0.2, -0.15) is 0 Å². The second kappa shape index (κ2) is 10.3. The summed E-state index contributed by atoms with van der Waals surface area (Å²) < 4.78 is 0. The van der Waals surface area contributed by atoms with Crippen molar-refractivity contribution in [1.82, 2.24) is 20.4 Å². The lowest BCUT2D eigenvalue weighted by atomic mass is 10.1. The molecule has 24 heavy (non-hydrogen) atoms. The highest BCUT2D eigenvalue weighted by Gasteiger charge is 2.16. The van der Waals surface area contributed by atoms with Crippen molar-refractivity contribution in [2.75, 3.05) is 46.8 Å². The second-order valence-electron chi connectivity index (χ2n) is 5.89. The lowest BCUT2D eigenvalue weighted by Gasteiger charge is -2.28. The lowest BCUT2D eigenvalue weighted by Crippen LogP contribution is -2.47. The Morgan fingerprint density at radius 1 is 1.21 bits per heavy atom. The minimum atomic E-state index is -0.0773. The molecule has 1 aliphatic rings. The highest BCUT2D eigenvalue weighted by molar-refractivity contribution is 5.93. The molecule has 2 amide bonds. The molecule has 1 aromatic carbocycles. The number of halogens is 1. The Hall–Kier alpha value is -1.63. The largest absolute Gasteiger partial charge is 0.355 e. The summed E-state index contributed by atoms with van der Waals surface area (Å²) in [5, 5.41) is 5.86. The number of carbonyl (C=O) groups is 2. The van der Waals surface area contributed by atoms with Gasteiger partial charge in [-0.05, 0) is 24.7 Å². The third-order valence-corrected chi connectivity index (χ3v) is 4.07. The van der Waals surface area contributed by atoms with Crippen LogP contribution in [0.15, 0.2) is 24.3 Å². The van der Waals surface area contributed by atoms with Gasteiger partial charge >= 0.3 is 0 Å². The van der Waals surface area contributed by atoms with Crippen molar-refractivity contribution in [3.8, 4) is 0 Å². The zero-order valence-corrected chi connectivity index (χ0v) is 15.2. The van der Waals surface area contributed by atoms with Crippen LogP contribution in [0.2, 0.25) is 0 Å². The Balaban J connectivity index is 0.00000288. The molecular weight excluding hydrogens is 328 g/mol. The van der Waals surface area contributed by atoms with E-state index in [1.807, 2.05) is 36.2 Å². The minimum absolute atomic E-state index is 0. The molecule has 0 unspecified atom stereocenters. The molecule has 1 heterocycles. The smallest absolute Gasteiger partial charge is 0.251 e. The Morgan fingerprint density at radius 2 is 1.83 bits per heavy atom. The van der Waals surface area contributed by atoms with Gasteiger partial charge in [-0.15, -0.1) is 12.4 Å². The molecule has 0 atom stereocenters. The van der Waals surface area contributed by atoms with Gasteiger partial charge in [0.15, 0.2) is 0 Å². The summed E-state index contributed by atoms with van der Waals surface area (Å²) >= 11 is 0.